The van der Waals surface area contributed by atoms with E-state index in [4.69, 9.17) is 16.3 Å². The molecule has 2 aromatic carbocycles. The van der Waals surface area contributed by atoms with Gasteiger partial charge in [-0.05, 0) is 74.0 Å². The summed E-state index contributed by atoms with van der Waals surface area (Å²) < 4.78 is 61.7. The summed E-state index contributed by atoms with van der Waals surface area (Å²) >= 11 is 6.52. The molecule has 2 atom stereocenters. The molecule has 14 heteroatoms. The highest BCUT2D eigenvalue weighted by Crippen LogP contribution is 2.36. The maximum absolute atomic E-state index is 14.3. The van der Waals surface area contributed by atoms with Crippen molar-refractivity contribution in [2.45, 2.75) is 57.7 Å². The van der Waals surface area contributed by atoms with E-state index >= 15 is 0 Å². The highest BCUT2D eigenvalue weighted by atomic mass is 35.5. The van der Waals surface area contributed by atoms with Gasteiger partial charge < -0.3 is 9.64 Å². The van der Waals surface area contributed by atoms with Crippen molar-refractivity contribution in [3.05, 3.63) is 69.2 Å². The van der Waals surface area contributed by atoms with Gasteiger partial charge in [0.2, 0.25) is 0 Å². The number of alkyl halides is 4. The number of benzene rings is 2. The third-order valence-electron chi connectivity index (χ3n) is 6.92. The molecule has 0 N–H and O–H groups in total. The van der Waals surface area contributed by atoms with Gasteiger partial charge in [-0.25, -0.2) is 9.18 Å². The zero-order chi connectivity index (χ0) is 31.3. The smallest absolute Gasteiger partial charge is 0.416 e. The fourth-order valence-corrected chi connectivity index (χ4v) is 6.05. The molecule has 2 saturated heterocycles. The lowest BCUT2D eigenvalue weighted by atomic mass is 10.1. The van der Waals surface area contributed by atoms with Crippen LogP contribution >= 0.6 is 23.4 Å². The van der Waals surface area contributed by atoms with Crippen molar-refractivity contribution in [2.75, 3.05) is 13.1 Å². The van der Waals surface area contributed by atoms with Crippen LogP contribution in [0.15, 0.2) is 47.5 Å². The van der Waals surface area contributed by atoms with Crippen LogP contribution in [0.1, 0.15) is 43.9 Å². The second kappa shape index (κ2) is 11.5. The lowest BCUT2D eigenvalue weighted by Gasteiger charge is -2.29. The molecule has 3 heterocycles. The summed E-state index contributed by atoms with van der Waals surface area (Å²) in [5.74, 6) is -0.570. The fourth-order valence-electron chi connectivity index (χ4n) is 5.03. The molecule has 0 spiro atoms. The van der Waals surface area contributed by atoms with E-state index in [0.29, 0.717) is 16.5 Å². The minimum atomic E-state index is -4.58. The number of nitrogens with zero attached hydrogens (tertiary/aromatic N) is 4. The number of aromatic nitrogens is 2. The van der Waals surface area contributed by atoms with E-state index in [1.807, 2.05) is 0 Å². The Bertz CT molecular complexity index is 1630. The van der Waals surface area contributed by atoms with Crippen LogP contribution in [0.2, 0.25) is 5.02 Å². The van der Waals surface area contributed by atoms with Gasteiger partial charge in [-0.2, -0.15) is 18.3 Å². The van der Waals surface area contributed by atoms with Gasteiger partial charge in [-0.1, -0.05) is 23.7 Å². The molecule has 43 heavy (non-hydrogen) atoms. The standard InChI is InChI=1S/C29H27ClF4N4O4S/c1-28(2,3)42-26(40)36-14-20(31)11-21(36)15-37-25(39)24(43-27(37)41)9-16-4-7-23-18(8-16)12-35-38(23)13-17-5-6-19(30)10-22(17)29(32,33)34/h4-10,12,20-21H,11,13-15H2,1-3H3/b24-9-/t20-,21+/m1/s1. The molecule has 0 unspecified atom stereocenters. The average Bonchev–Trinajstić information content (AvgIpc) is 3.55. The van der Waals surface area contributed by atoms with Crippen LogP contribution in [-0.4, -0.2) is 67.7 Å². The minimum absolute atomic E-state index is 0.00577. The van der Waals surface area contributed by atoms with Crippen molar-refractivity contribution < 1.29 is 36.7 Å². The fraction of sp³-hybridized carbons (Fsp3) is 0.379. The molecule has 0 radical (unpaired) electrons. The highest BCUT2D eigenvalue weighted by Gasteiger charge is 2.43. The highest BCUT2D eigenvalue weighted by molar-refractivity contribution is 8.18. The Hall–Kier alpha value is -3.58. The molecule has 0 aliphatic carbocycles. The summed E-state index contributed by atoms with van der Waals surface area (Å²) in [4.78, 5) is 40.9. The van der Waals surface area contributed by atoms with Crippen LogP contribution in [-0.2, 0) is 22.3 Å². The monoisotopic (exact) mass is 638 g/mol. The van der Waals surface area contributed by atoms with Crippen LogP contribution in [0, 0.1) is 0 Å². The first-order valence-corrected chi connectivity index (χ1v) is 14.5. The van der Waals surface area contributed by atoms with Crippen molar-refractivity contribution in [1.82, 2.24) is 19.6 Å². The van der Waals surface area contributed by atoms with Gasteiger partial charge in [0.1, 0.15) is 11.8 Å². The third-order valence-corrected chi connectivity index (χ3v) is 8.06. The predicted molar refractivity (Wildman–Crippen MR) is 154 cm³/mol. The van der Waals surface area contributed by atoms with Crippen LogP contribution in [0.25, 0.3) is 17.0 Å². The summed E-state index contributed by atoms with van der Waals surface area (Å²) in [6.45, 7) is 4.57. The number of halogens is 5. The summed E-state index contributed by atoms with van der Waals surface area (Å²) in [6.07, 6.45) is -3.60. The van der Waals surface area contributed by atoms with Crippen molar-refractivity contribution >= 4 is 57.6 Å². The molecule has 2 fully saturated rings. The first-order valence-electron chi connectivity index (χ1n) is 13.3. The summed E-state index contributed by atoms with van der Waals surface area (Å²) in [6, 6.07) is 7.89. The first-order chi connectivity index (χ1) is 20.1. The topological polar surface area (TPSA) is 84.7 Å². The van der Waals surface area contributed by atoms with Crippen molar-refractivity contribution in [3.63, 3.8) is 0 Å². The van der Waals surface area contributed by atoms with E-state index in [0.717, 1.165) is 22.7 Å². The van der Waals surface area contributed by atoms with Gasteiger partial charge in [0, 0.05) is 16.8 Å². The van der Waals surface area contributed by atoms with Gasteiger partial charge in [0.25, 0.3) is 11.1 Å². The lowest BCUT2D eigenvalue weighted by molar-refractivity contribution is -0.138. The van der Waals surface area contributed by atoms with E-state index in [-0.39, 0.29) is 41.5 Å². The number of thioether (sulfide) groups is 1. The van der Waals surface area contributed by atoms with E-state index < -0.39 is 46.8 Å². The molecule has 5 rings (SSSR count). The molecular weight excluding hydrogens is 612 g/mol. The molecule has 2 aliphatic heterocycles. The maximum Gasteiger partial charge on any atom is 0.416 e. The summed E-state index contributed by atoms with van der Waals surface area (Å²) in [7, 11) is 0. The Morgan fingerprint density at radius 1 is 1.16 bits per heavy atom. The third kappa shape index (κ3) is 6.82. The van der Waals surface area contributed by atoms with E-state index in [1.54, 1.807) is 39.0 Å². The number of likely N-dealkylation sites (tertiary alicyclic amines) is 1. The van der Waals surface area contributed by atoms with Crippen LogP contribution in [0.4, 0.5) is 27.2 Å². The predicted octanol–water partition coefficient (Wildman–Crippen LogP) is 7.14. The van der Waals surface area contributed by atoms with Gasteiger partial charge in [-0.3, -0.25) is 19.2 Å². The number of hydrogen-bond donors (Lipinski definition) is 0. The largest absolute Gasteiger partial charge is 0.444 e. The van der Waals surface area contributed by atoms with Gasteiger partial charge in [-0.15, -0.1) is 0 Å². The summed E-state index contributed by atoms with van der Waals surface area (Å²) in [5.41, 5.74) is -0.491. The molecule has 1 aromatic heterocycles. The Kier molecular flexibility index (Phi) is 8.25. The number of fused-ring (bicyclic) bond motifs is 1. The number of rotatable bonds is 5. The molecule has 8 nitrogen and oxygen atoms in total. The van der Waals surface area contributed by atoms with Crippen molar-refractivity contribution in [1.29, 1.82) is 0 Å². The molecule has 228 valence electrons. The number of amides is 3. The van der Waals surface area contributed by atoms with Gasteiger partial charge in [0.15, 0.2) is 0 Å². The van der Waals surface area contributed by atoms with Crippen LogP contribution in [0.5, 0.6) is 0 Å². The molecule has 2 aliphatic rings. The van der Waals surface area contributed by atoms with E-state index in [9.17, 15) is 31.9 Å². The zero-order valence-electron chi connectivity index (χ0n) is 23.3. The lowest BCUT2D eigenvalue weighted by Crippen LogP contribution is -2.46. The number of hydrogen-bond acceptors (Lipinski definition) is 6. The molecule has 3 amide bonds. The second-order valence-electron chi connectivity index (χ2n) is 11.3. The quantitative estimate of drug-likeness (QED) is 0.218. The van der Waals surface area contributed by atoms with E-state index in [1.165, 1.54) is 34.0 Å². The Morgan fingerprint density at radius 3 is 2.60 bits per heavy atom. The van der Waals surface area contributed by atoms with Crippen molar-refractivity contribution in [3.8, 4) is 0 Å². The first kappa shape index (κ1) is 30.9. The van der Waals surface area contributed by atoms with Crippen LogP contribution in [0.3, 0.4) is 0 Å². The minimum Gasteiger partial charge on any atom is -0.444 e. The number of carbonyl (C=O) groups is 3. The SMILES string of the molecule is CC(C)(C)OC(=O)N1C[C@H](F)C[C@H]1CN1C(=O)S/C(=C\c2ccc3c(cnn3Cc3ccc(Cl)cc3C(F)(F)F)c2)C1=O. The molecule has 0 saturated carbocycles. The Labute approximate surface area is 253 Å². The van der Waals surface area contributed by atoms with Crippen LogP contribution < -0.4 is 0 Å². The van der Waals surface area contributed by atoms with Crippen molar-refractivity contribution in [2.24, 2.45) is 0 Å². The van der Waals surface area contributed by atoms with Gasteiger partial charge in [0.05, 0.1) is 47.9 Å². The van der Waals surface area contributed by atoms with E-state index in [2.05, 4.69) is 5.10 Å². The zero-order valence-corrected chi connectivity index (χ0v) is 24.9. The Morgan fingerprint density at radius 2 is 1.91 bits per heavy atom. The molecular formula is C29H27ClF4N4O4S. The number of imide groups is 1. The Balaban J connectivity index is 1.32. The number of carbonyl (C=O) groups excluding carboxylic acids is 3. The normalized spacial score (nSPS) is 20.6. The molecule has 3 aromatic rings. The molecule has 0 bridgehead atoms. The van der Waals surface area contributed by atoms with Gasteiger partial charge >= 0.3 is 12.3 Å². The number of ether oxygens (including phenoxy) is 1. The second-order valence-corrected chi connectivity index (χ2v) is 12.8. The average molecular weight is 639 g/mol. The summed E-state index contributed by atoms with van der Waals surface area (Å²) in [5, 5.41) is 4.29. The maximum atomic E-state index is 14.3.